The second kappa shape index (κ2) is 7.42. The molecule has 3 rings (SSSR count). The van der Waals surface area contributed by atoms with E-state index >= 15 is 0 Å². The van der Waals surface area contributed by atoms with Crippen LogP contribution in [0.3, 0.4) is 0 Å². The van der Waals surface area contributed by atoms with Crippen molar-refractivity contribution in [2.75, 3.05) is 7.05 Å². The second-order valence-corrected chi connectivity index (χ2v) is 6.22. The van der Waals surface area contributed by atoms with Crippen LogP contribution >= 0.6 is 0 Å². The number of carbonyl (C=O) groups is 1. The molecular weight excluding hydrogens is 314 g/mol. The zero-order chi connectivity index (χ0) is 17.8. The van der Waals surface area contributed by atoms with Gasteiger partial charge in [-0.2, -0.15) is 5.10 Å². The molecule has 25 heavy (non-hydrogen) atoms. The summed E-state index contributed by atoms with van der Waals surface area (Å²) in [6, 6.07) is 5.76. The first-order valence-electron chi connectivity index (χ1n) is 8.60. The van der Waals surface area contributed by atoms with Crippen molar-refractivity contribution in [3.63, 3.8) is 0 Å². The first kappa shape index (κ1) is 17.1. The Morgan fingerprint density at radius 2 is 2.12 bits per heavy atom. The van der Waals surface area contributed by atoms with Crippen LogP contribution in [0.2, 0.25) is 0 Å². The number of aryl methyl sites for hydroxylation is 1. The van der Waals surface area contributed by atoms with E-state index in [9.17, 15) is 4.79 Å². The molecule has 130 valence electrons. The summed E-state index contributed by atoms with van der Waals surface area (Å²) in [7, 11) is 1.85. The van der Waals surface area contributed by atoms with Gasteiger partial charge in [-0.25, -0.2) is 9.50 Å². The number of hydrogen-bond acceptors (Lipinski definition) is 4. The number of amides is 1. The molecule has 3 heterocycles. The van der Waals surface area contributed by atoms with Crippen molar-refractivity contribution < 1.29 is 4.79 Å². The third-order valence-corrected chi connectivity index (χ3v) is 4.57. The molecule has 0 aromatic carbocycles. The van der Waals surface area contributed by atoms with Crippen LogP contribution in [0.4, 0.5) is 0 Å². The maximum absolute atomic E-state index is 13.1. The maximum atomic E-state index is 13.1. The highest BCUT2D eigenvalue weighted by Gasteiger charge is 2.24. The Labute approximate surface area is 147 Å². The van der Waals surface area contributed by atoms with Gasteiger partial charge in [-0.1, -0.05) is 25.8 Å². The van der Waals surface area contributed by atoms with E-state index in [4.69, 9.17) is 0 Å². The van der Waals surface area contributed by atoms with E-state index in [2.05, 4.69) is 22.0 Å². The highest BCUT2D eigenvalue weighted by Crippen LogP contribution is 2.26. The lowest BCUT2D eigenvalue weighted by molar-refractivity contribution is 0.0718. The number of rotatable bonds is 6. The zero-order valence-corrected chi connectivity index (χ0v) is 14.9. The quantitative estimate of drug-likeness (QED) is 0.691. The Kier molecular flexibility index (Phi) is 5.07. The molecular formula is C19H23N5O. The number of unbranched alkanes of at least 4 members (excludes halogenated alkanes) is 1. The van der Waals surface area contributed by atoms with Crippen molar-refractivity contribution in [2.45, 2.75) is 39.2 Å². The van der Waals surface area contributed by atoms with E-state index in [0.717, 1.165) is 36.2 Å². The molecule has 6 heteroatoms. The summed E-state index contributed by atoms with van der Waals surface area (Å²) in [5.41, 5.74) is 3.17. The molecule has 0 aliphatic heterocycles. The van der Waals surface area contributed by atoms with Crippen molar-refractivity contribution in [2.24, 2.45) is 0 Å². The van der Waals surface area contributed by atoms with Crippen LogP contribution in [0, 0.1) is 6.92 Å². The summed E-state index contributed by atoms with van der Waals surface area (Å²) >= 11 is 0. The van der Waals surface area contributed by atoms with E-state index in [1.165, 1.54) is 0 Å². The molecule has 0 saturated heterocycles. The summed E-state index contributed by atoms with van der Waals surface area (Å²) in [5.74, 6) is -0.0487. The van der Waals surface area contributed by atoms with Gasteiger partial charge in [0.2, 0.25) is 0 Å². The minimum atomic E-state index is -0.0487. The van der Waals surface area contributed by atoms with Gasteiger partial charge < -0.3 is 4.90 Å². The molecule has 3 aromatic heterocycles. The van der Waals surface area contributed by atoms with Crippen molar-refractivity contribution in [3.05, 3.63) is 59.8 Å². The monoisotopic (exact) mass is 337 g/mol. The van der Waals surface area contributed by atoms with E-state index in [1.54, 1.807) is 28.0 Å². The predicted molar refractivity (Wildman–Crippen MR) is 96.3 cm³/mol. The Hall–Kier alpha value is -2.76. The van der Waals surface area contributed by atoms with Crippen LogP contribution < -0.4 is 0 Å². The lowest BCUT2D eigenvalue weighted by Gasteiger charge is -2.29. The van der Waals surface area contributed by atoms with Crippen LogP contribution in [0.5, 0.6) is 0 Å². The van der Waals surface area contributed by atoms with Crippen molar-refractivity contribution >= 4 is 11.6 Å². The minimum Gasteiger partial charge on any atom is -0.335 e. The molecule has 6 nitrogen and oxygen atoms in total. The van der Waals surface area contributed by atoms with Crippen molar-refractivity contribution in [3.8, 4) is 0 Å². The Balaban J connectivity index is 1.93. The van der Waals surface area contributed by atoms with E-state index < -0.39 is 0 Å². The first-order chi connectivity index (χ1) is 12.1. The molecule has 0 N–H and O–H groups in total. The average molecular weight is 337 g/mol. The van der Waals surface area contributed by atoms with Crippen LogP contribution in [0.25, 0.3) is 5.65 Å². The Morgan fingerprint density at radius 3 is 2.84 bits per heavy atom. The predicted octanol–water partition coefficient (Wildman–Crippen LogP) is 3.44. The number of nitrogens with zero attached hydrogens (tertiary/aromatic N) is 5. The Morgan fingerprint density at radius 1 is 1.28 bits per heavy atom. The summed E-state index contributed by atoms with van der Waals surface area (Å²) in [6.07, 6.45) is 9.96. The molecule has 3 aromatic rings. The van der Waals surface area contributed by atoms with Gasteiger partial charge in [0.1, 0.15) is 0 Å². The molecule has 1 amide bonds. The van der Waals surface area contributed by atoms with E-state index in [1.807, 2.05) is 38.4 Å². The van der Waals surface area contributed by atoms with Gasteiger partial charge in [-0.15, -0.1) is 0 Å². The lowest BCUT2D eigenvalue weighted by Crippen LogP contribution is -2.32. The van der Waals surface area contributed by atoms with Crippen molar-refractivity contribution in [1.29, 1.82) is 0 Å². The van der Waals surface area contributed by atoms with E-state index in [-0.39, 0.29) is 11.9 Å². The highest BCUT2D eigenvalue weighted by atomic mass is 16.2. The van der Waals surface area contributed by atoms with Gasteiger partial charge in [0, 0.05) is 31.7 Å². The van der Waals surface area contributed by atoms with Crippen molar-refractivity contribution in [1.82, 2.24) is 24.5 Å². The minimum absolute atomic E-state index is 0.00568. The standard InChI is InChI=1S/C19H23N5O/c1-4-5-8-17(15-7-6-10-20-12-15)23(3)19(25)16-13-21-18-9-11-22-24(18)14(16)2/h6-7,9-13,17H,4-5,8H2,1-3H3/t17-/m0/s1. The maximum Gasteiger partial charge on any atom is 0.257 e. The molecule has 0 saturated carbocycles. The molecule has 1 atom stereocenters. The smallest absolute Gasteiger partial charge is 0.257 e. The number of carbonyl (C=O) groups excluding carboxylic acids is 1. The number of pyridine rings is 1. The average Bonchev–Trinajstić information content (AvgIpc) is 3.12. The topological polar surface area (TPSA) is 63.4 Å². The van der Waals surface area contributed by atoms with Gasteiger partial charge in [0.15, 0.2) is 5.65 Å². The van der Waals surface area contributed by atoms with E-state index in [0.29, 0.717) is 5.56 Å². The molecule has 0 radical (unpaired) electrons. The number of aromatic nitrogens is 4. The Bertz CT molecular complexity index is 859. The van der Waals surface area contributed by atoms with Gasteiger partial charge in [-0.05, 0) is 25.0 Å². The summed E-state index contributed by atoms with van der Waals surface area (Å²) in [4.78, 5) is 23.5. The lowest BCUT2D eigenvalue weighted by atomic mass is 10.0. The summed E-state index contributed by atoms with van der Waals surface area (Å²) in [6.45, 7) is 4.05. The van der Waals surface area contributed by atoms with Crippen LogP contribution in [-0.4, -0.2) is 37.4 Å². The fourth-order valence-corrected chi connectivity index (χ4v) is 3.09. The fraction of sp³-hybridized carbons (Fsp3) is 0.368. The molecule has 0 aliphatic rings. The highest BCUT2D eigenvalue weighted by molar-refractivity contribution is 5.95. The molecule has 0 unspecified atom stereocenters. The third kappa shape index (κ3) is 3.38. The summed E-state index contributed by atoms with van der Waals surface area (Å²) < 4.78 is 1.70. The fourth-order valence-electron chi connectivity index (χ4n) is 3.09. The second-order valence-electron chi connectivity index (χ2n) is 6.22. The van der Waals surface area contributed by atoms with Crippen LogP contribution in [-0.2, 0) is 0 Å². The number of hydrogen-bond donors (Lipinski definition) is 0. The molecule has 0 spiro atoms. The molecule has 0 aliphatic carbocycles. The van der Waals surface area contributed by atoms with Gasteiger partial charge >= 0.3 is 0 Å². The largest absolute Gasteiger partial charge is 0.335 e. The summed E-state index contributed by atoms with van der Waals surface area (Å²) in [5, 5.41) is 4.25. The molecule has 0 bridgehead atoms. The van der Waals surface area contributed by atoms with Crippen LogP contribution in [0.1, 0.15) is 53.8 Å². The zero-order valence-electron chi connectivity index (χ0n) is 14.9. The first-order valence-corrected chi connectivity index (χ1v) is 8.60. The SMILES string of the molecule is CCCC[C@@H](c1cccnc1)N(C)C(=O)c1cnc2ccnn2c1C. The van der Waals surface area contributed by atoms with Gasteiger partial charge in [0.25, 0.3) is 5.91 Å². The number of fused-ring (bicyclic) bond motifs is 1. The molecule has 0 fully saturated rings. The normalized spacial score (nSPS) is 12.3. The van der Waals surface area contributed by atoms with Crippen LogP contribution in [0.15, 0.2) is 43.0 Å². The van der Waals surface area contributed by atoms with Gasteiger partial charge in [0.05, 0.1) is 23.5 Å². The third-order valence-electron chi connectivity index (χ3n) is 4.57. The van der Waals surface area contributed by atoms with Gasteiger partial charge in [-0.3, -0.25) is 9.78 Å².